The van der Waals surface area contributed by atoms with Gasteiger partial charge in [-0.25, -0.2) is 4.79 Å². The number of hydrogen-bond acceptors (Lipinski definition) is 3. The number of aromatic nitrogens is 1. The Balaban J connectivity index is 2.02. The Labute approximate surface area is 117 Å². The highest BCUT2D eigenvalue weighted by molar-refractivity contribution is 6.01. The lowest BCUT2D eigenvalue weighted by atomic mass is 10.0. The van der Waals surface area contributed by atoms with Gasteiger partial charge >= 0.3 is 5.97 Å². The second kappa shape index (κ2) is 6.19. The van der Waals surface area contributed by atoms with Gasteiger partial charge in [0.25, 0.3) is 0 Å². The van der Waals surface area contributed by atoms with Gasteiger partial charge in [-0.15, -0.1) is 0 Å². The van der Waals surface area contributed by atoms with Crippen LogP contribution in [0.15, 0.2) is 42.6 Å². The fourth-order valence-corrected chi connectivity index (χ4v) is 1.87. The number of ketones is 1. The SMILES string of the molecule is CCc1ccc(C(=O)[C@@H](C)OC(=O)c2ccc[nH]2)cc1. The van der Waals surface area contributed by atoms with Crippen molar-refractivity contribution >= 4 is 11.8 Å². The van der Waals surface area contributed by atoms with Gasteiger partial charge in [0.05, 0.1) is 0 Å². The smallest absolute Gasteiger partial charge is 0.355 e. The Hall–Kier alpha value is -2.36. The molecule has 0 aliphatic heterocycles. The summed E-state index contributed by atoms with van der Waals surface area (Å²) in [7, 11) is 0. The third-order valence-corrected chi connectivity index (χ3v) is 3.12. The zero-order chi connectivity index (χ0) is 14.5. The molecule has 1 heterocycles. The third-order valence-electron chi connectivity index (χ3n) is 3.12. The first-order valence-corrected chi connectivity index (χ1v) is 6.59. The Bertz CT molecular complexity index is 585. The average molecular weight is 271 g/mol. The number of aryl methyl sites for hydroxylation is 1. The van der Waals surface area contributed by atoms with E-state index in [-0.39, 0.29) is 5.78 Å². The van der Waals surface area contributed by atoms with Crippen LogP contribution in [-0.4, -0.2) is 22.8 Å². The quantitative estimate of drug-likeness (QED) is 0.671. The molecule has 1 atom stereocenters. The predicted octanol–water partition coefficient (Wildman–Crippen LogP) is 3.01. The van der Waals surface area contributed by atoms with Crippen molar-refractivity contribution in [3.8, 4) is 0 Å². The monoisotopic (exact) mass is 271 g/mol. The van der Waals surface area contributed by atoms with Crippen LogP contribution in [0.25, 0.3) is 0 Å². The molecule has 1 N–H and O–H groups in total. The van der Waals surface area contributed by atoms with Crippen molar-refractivity contribution in [2.24, 2.45) is 0 Å². The minimum atomic E-state index is -0.807. The molecule has 104 valence electrons. The number of esters is 1. The number of rotatable bonds is 5. The Morgan fingerprint density at radius 3 is 2.45 bits per heavy atom. The van der Waals surface area contributed by atoms with Crippen molar-refractivity contribution in [2.75, 3.05) is 0 Å². The van der Waals surface area contributed by atoms with Crippen LogP contribution in [0.3, 0.4) is 0 Å². The van der Waals surface area contributed by atoms with Gasteiger partial charge in [0.1, 0.15) is 5.69 Å². The predicted molar refractivity (Wildman–Crippen MR) is 75.8 cm³/mol. The molecule has 0 amide bonds. The molecule has 2 rings (SSSR count). The lowest BCUT2D eigenvalue weighted by Gasteiger charge is -2.12. The van der Waals surface area contributed by atoms with E-state index in [2.05, 4.69) is 11.9 Å². The number of carbonyl (C=O) groups is 2. The van der Waals surface area contributed by atoms with Crippen molar-refractivity contribution in [1.29, 1.82) is 0 Å². The maximum Gasteiger partial charge on any atom is 0.355 e. The average Bonchev–Trinajstić information content (AvgIpc) is 3.01. The number of H-pyrrole nitrogens is 1. The molecular weight excluding hydrogens is 254 g/mol. The van der Waals surface area contributed by atoms with Gasteiger partial charge in [-0.1, -0.05) is 31.2 Å². The topological polar surface area (TPSA) is 59.2 Å². The van der Waals surface area contributed by atoms with Crippen LogP contribution in [0.4, 0.5) is 0 Å². The molecule has 2 aromatic rings. The first-order chi connectivity index (χ1) is 9.61. The number of benzene rings is 1. The molecule has 0 radical (unpaired) electrons. The molecule has 0 aliphatic rings. The fourth-order valence-electron chi connectivity index (χ4n) is 1.87. The van der Waals surface area contributed by atoms with Crippen molar-refractivity contribution < 1.29 is 14.3 Å². The van der Waals surface area contributed by atoms with Gasteiger partial charge < -0.3 is 9.72 Å². The highest BCUT2D eigenvalue weighted by Crippen LogP contribution is 2.11. The summed E-state index contributed by atoms with van der Waals surface area (Å²) in [6.45, 7) is 3.63. The zero-order valence-corrected chi connectivity index (χ0v) is 11.6. The van der Waals surface area contributed by atoms with Crippen LogP contribution in [0.5, 0.6) is 0 Å². The standard InChI is InChI=1S/C16H17NO3/c1-3-12-6-8-13(9-7-12)15(18)11(2)20-16(19)14-5-4-10-17-14/h4-11,17H,3H2,1-2H3/t11-/m1/s1. The zero-order valence-electron chi connectivity index (χ0n) is 11.6. The first kappa shape index (κ1) is 14.1. The van der Waals surface area contributed by atoms with E-state index >= 15 is 0 Å². The van der Waals surface area contributed by atoms with Gasteiger partial charge in [0.15, 0.2) is 6.10 Å². The number of ether oxygens (including phenoxy) is 1. The summed E-state index contributed by atoms with van der Waals surface area (Å²) in [6.07, 6.45) is 1.75. The van der Waals surface area contributed by atoms with Gasteiger partial charge in [-0.3, -0.25) is 4.79 Å². The van der Waals surface area contributed by atoms with E-state index in [1.165, 1.54) is 0 Å². The van der Waals surface area contributed by atoms with Gasteiger partial charge in [-0.05, 0) is 31.0 Å². The van der Waals surface area contributed by atoms with Crippen LogP contribution >= 0.6 is 0 Å². The summed E-state index contributed by atoms with van der Waals surface area (Å²) in [6, 6.07) is 10.7. The summed E-state index contributed by atoms with van der Waals surface area (Å²) in [5, 5.41) is 0. The van der Waals surface area contributed by atoms with Crippen molar-refractivity contribution in [2.45, 2.75) is 26.4 Å². The molecule has 0 spiro atoms. The highest BCUT2D eigenvalue weighted by atomic mass is 16.5. The van der Waals surface area contributed by atoms with Crippen molar-refractivity contribution in [3.05, 3.63) is 59.4 Å². The molecule has 0 fully saturated rings. The van der Waals surface area contributed by atoms with Gasteiger partial charge in [-0.2, -0.15) is 0 Å². The van der Waals surface area contributed by atoms with E-state index < -0.39 is 12.1 Å². The third kappa shape index (κ3) is 3.15. The van der Waals surface area contributed by atoms with Crippen LogP contribution < -0.4 is 0 Å². The molecule has 4 nitrogen and oxygen atoms in total. The summed E-state index contributed by atoms with van der Waals surface area (Å²) in [5.74, 6) is -0.728. The minimum Gasteiger partial charge on any atom is -0.450 e. The summed E-state index contributed by atoms with van der Waals surface area (Å²) in [4.78, 5) is 26.7. The van der Waals surface area contributed by atoms with Crippen molar-refractivity contribution in [1.82, 2.24) is 4.98 Å². The van der Waals surface area contributed by atoms with Crippen molar-refractivity contribution in [3.63, 3.8) is 0 Å². The van der Waals surface area contributed by atoms with Crippen LogP contribution in [0.2, 0.25) is 0 Å². The maximum absolute atomic E-state index is 12.2. The molecule has 0 saturated carbocycles. The summed E-state index contributed by atoms with van der Waals surface area (Å²) in [5.41, 5.74) is 2.05. The second-order valence-electron chi connectivity index (χ2n) is 4.55. The van der Waals surface area contributed by atoms with Crippen LogP contribution in [0, 0.1) is 0 Å². The largest absolute Gasteiger partial charge is 0.450 e. The van der Waals surface area contributed by atoms with Gasteiger partial charge in [0.2, 0.25) is 5.78 Å². The number of Topliss-reactive ketones (excluding diaryl/α,β-unsaturated/α-hetero) is 1. The first-order valence-electron chi connectivity index (χ1n) is 6.59. The normalized spacial score (nSPS) is 11.9. The van der Waals surface area contributed by atoms with E-state index in [1.54, 1.807) is 37.4 Å². The second-order valence-corrected chi connectivity index (χ2v) is 4.55. The maximum atomic E-state index is 12.2. The molecule has 1 aromatic heterocycles. The summed E-state index contributed by atoms with van der Waals surface area (Å²) < 4.78 is 5.15. The molecule has 0 unspecified atom stereocenters. The Kier molecular flexibility index (Phi) is 4.35. The molecule has 0 aliphatic carbocycles. The summed E-state index contributed by atoms with van der Waals surface area (Å²) >= 11 is 0. The molecule has 0 bridgehead atoms. The van der Waals surface area contributed by atoms with Crippen LogP contribution in [0.1, 0.15) is 40.3 Å². The van der Waals surface area contributed by atoms with E-state index in [0.717, 1.165) is 12.0 Å². The lowest BCUT2D eigenvalue weighted by Crippen LogP contribution is -2.24. The number of hydrogen-bond donors (Lipinski definition) is 1. The van der Waals surface area contributed by atoms with Gasteiger partial charge in [0, 0.05) is 11.8 Å². The highest BCUT2D eigenvalue weighted by Gasteiger charge is 2.20. The Morgan fingerprint density at radius 1 is 1.20 bits per heavy atom. The lowest BCUT2D eigenvalue weighted by molar-refractivity contribution is 0.0314. The van der Waals surface area contributed by atoms with E-state index in [1.807, 2.05) is 12.1 Å². The molecule has 20 heavy (non-hydrogen) atoms. The van der Waals surface area contributed by atoms with E-state index in [0.29, 0.717) is 11.3 Å². The van der Waals surface area contributed by atoms with E-state index in [4.69, 9.17) is 4.74 Å². The minimum absolute atomic E-state index is 0.201. The van der Waals surface area contributed by atoms with E-state index in [9.17, 15) is 9.59 Å². The fraction of sp³-hybridized carbons (Fsp3) is 0.250. The molecular formula is C16H17NO3. The number of carbonyl (C=O) groups excluding carboxylic acids is 2. The number of nitrogens with one attached hydrogen (secondary N) is 1. The van der Waals surface area contributed by atoms with Crippen LogP contribution in [-0.2, 0) is 11.2 Å². The Morgan fingerprint density at radius 2 is 1.90 bits per heavy atom. The molecule has 1 aromatic carbocycles. The molecule has 0 saturated heterocycles. The number of aromatic amines is 1. The molecule has 4 heteroatoms.